The number of carbonyl (C=O) groups is 1. The molecule has 0 spiro atoms. The first-order chi connectivity index (χ1) is 32.1. The fourth-order valence-corrected chi connectivity index (χ4v) is 10.1. The molecular formula is C52H57F2N3O9. The van der Waals surface area contributed by atoms with Crippen molar-refractivity contribution < 1.29 is 47.8 Å². The summed E-state index contributed by atoms with van der Waals surface area (Å²) in [6.07, 6.45) is 9.66. The van der Waals surface area contributed by atoms with Crippen LogP contribution in [0.15, 0.2) is 120 Å². The summed E-state index contributed by atoms with van der Waals surface area (Å²) in [5.41, 5.74) is 4.02. The van der Waals surface area contributed by atoms with Gasteiger partial charge in [0.15, 0.2) is 0 Å². The predicted octanol–water partition coefficient (Wildman–Crippen LogP) is 9.72. The van der Waals surface area contributed by atoms with Gasteiger partial charge in [0.1, 0.15) is 42.4 Å². The lowest BCUT2D eigenvalue weighted by Gasteiger charge is -2.60. The van der Waals surface area contributed by atoms with Crippen LogP contribution < -0.4 is 9.47 Å². The maximum atomic E-state index is 14.8. The number of halogens is 2. The van der Waals surface area contributed by atoms with E-state index in [2.05, 4.69) is 12.7 Å². The Hall–Kier alpha value is -5.96. The minimum absolute atomic E-state index is 0.00569. The van der Waals surface area contributed by atoms with Crippen LogP contribution in [0.4, 0.5) is 14.5 Å². The average Bonchev–Trinajstić information content (AvgIpc) is 4.18. The third-order valence-electron chi connectivity index (χ3n) is 13.4. The summed E-state index contributed by atoms with van der Waals surface area (Å²) in [7, 11) is 0. The molecule has 348 valence electrons. The number of unbranched alkanes of at least 4 members (excludes halogenated alkanes) is 2. The molecule has 1 amide bonds. The minimum atomic E-state index is -1.51. The Bertz CT molecular complexity index is 2410. The summed E-state index contributed by atoms with van der Waals surface area (Å²) in [6.45, 7) is 4.31. The maximum Gasteiger partial charge on any atom is 0.269 e. The van der Waals surface area contributed by atoms with Crippen molar-refractivity contribution in [2.75, 3.05) is 19.8 Å². The van der Waals surface area contributed by atoms with Crippen molar-refractivity contribution in [3.8, 4) is 11.5 Å². The van der Waals surface area contributed by atoms with E-state index in [0.29, 0.717) is 41.2 Å². The second-order valence-electron chi connectivity index (χ2n) is 17.7. The van der Waals surface area contributed by atoms with Crippen LogP contribution in [0.25, 0.3) is 0 Å². The number of aliphatic hydroxyl groups is 2. The third kappa shape index (κ3) is 10.2. The zero-order valence-corrected chi connectivity index (χ0v) is 36.9. The molecule has 14 heteroatoms. The topological polar surface area (TPSA) is 153 Å². The highest BCUT2D eigenvalue weighted by Crippen LogP contribution is 2.62. The van der Waals surface area contributed by atoms with Crippen molar-refractivity contribution >= 4 is 17.3 Å². The van der Waals surface area contributed by atoms with Crippen molar-refractivity contribution in [3.63, 3.8) is 0 Å². The number of allylic oxidation sites excluding steroid dienone is 1. The lowest BCUT2D eigenvalue weighted by molar-refractivity contribution is -0.384. The zero-order valence-electron chi connectivity index (χ0n) is 36.9. The Kier molecular flexibility index (Phi) is 14.9. The quantitative estimate of drug-likeness (QED) is 0.0340. The van der Waals surface area contributed by atoms with Crippen molar-refractivity contribution in [2.24, 2.45) is 28.8 Å². The fourth-order valence-electron chi connectivity index (χ4n) is 10.1. The van der Waals surface area contributed by atoms with Gasteiger partial charge in [0.05, 0.1) is 23.2 Å². The fraction of sp³-hybridized carbons (Fsp3) is 0.423. The number of aliphatic hydroxyl groups excluding tert-OH is 2. The van der Waals surface area contributed by atoms with E-state index in [1.807, 2.05) is 17.0 Å². The summed E-state index contributed by atoms with van der Waals surface area (Å²) in [5, 5.41) is 36.2. The SMILES string of the molecule is C=CCOC12Oc3ccc(OCc4ccccc4F)cc3C3C(CCCCO)C(CCCCO)C=C(C(=NOCc4ccc([N+](=O)[O-])cc4)CC1N(Cc1ccc(F)cc1)C(=O)C1CC1)C32. The maximum absolute atomic E-state index is 14.8. The summed E-state index contributed by atoms with van der Waals surface area (Å²) >= 11 is 0. The molecule has 66 heavy (non-hydrogen) atoms. The number of ether oxygens (including phenoxy) is 3. The second kappa shape index (κ2) is 21.1. The highest BCUT2D eigenvalue weighted by Gasteiger charge is 2.66. The monoisotopic (exact) mass is 905 g/mol. The molecule has 6 atom stereocenters. The molecular weight excluding hydrogens is 849 g/mol. The van der Waals surface area contributed by atoms with Crippen LogP contribution in [0.1, 0.15) is 86.0 Å². The van der Waals surface area contributed by atoms with Gasteiger partial charge in [-0.1, -0.05) is 60.5 Å². The molecule has 2 N–H and O–H groups in total. The smallest absolute Gasteiger partial charge is 0.269 e. The molecule has 6 unspecified atom stereocenters. The first kappa shape index (κ1) is 46.6. The van der Waals surface area contributed by atoms with Gasteiger partial charge in [0.25, 0.3) is 5.69 Å². The molecule has 4 aromatic rings. The summed E-state index contributed by atoms with van der Waals surface area (Å²) in [4.78, 5) is 33.7. The molecule has 0 radical (unpaired) electrons. The van der Waals surface area contributed by atoms with Gasteiger partial charge in [0.2, 0.25) is 11.7 Å². The summed E-state index contributed by atoms with van der Waals surface area (Å²) in [5.74, 6) is -2.53. The molecule has 12 nitrogen and oxygen atoms in total. The molecule has 0 aromatic heterocycles. The first-order valence-corrected chi connectivity index (χ1v) is 23.0. The Labute approximate surface area is 383 Å². The molecule has 1 heterocycles. The molecule has 2 saturated carbocycles. The van der Waals surface area contributed by atoms with Crippen molar-refractivity contribution in [1.82, 2.24) is 4.90 Å². The van der Waals surface area contributed by atoms with Crippen LogP contribution in [-0.4, -0.2) is 63.3 Å². The largest absolute Gasteiger partial charge is 0.489 e. The van der Waals surface area contributed by atoms with Gasteiger partial charge in [-0.2, -0.15) is 0 Å². The van der Waals surface area contributed by atoms with Crippen LogP contribution in [-0.2, 0) is 34.1 Å². The number of amides is 1. The number of hydrogen-bond acceptors (Lipinski definition) is 10. The van der Waals surface area contributed by atoms with Gasteiger partial charge in [-0.15, -0.1) is 6.58 Å². The second-order valence-corrected chi connectivity index (χ2v) is 17.7. The van der Waals surface area contributed by atoms with Gasteiger partial charge in [-0.05, 0) is 116 Å². The Balaban J connectivity index is 1.31. The molecule has 2 fully saturated rings. The van der Waals surface area contributed by atoms with Crippen LogP contribution in [0.5, 0.6) is 11.5 Å². The normalized spacial score (nSPS) is 23.5. The molecule has 4 aliphatic rings. The summed E-state index contributed by atoms with van der Waals surface area (Å²) in [6, 6.07) is 23.5. The number of benzene rings is 4. The van der Waals surface area contributed by atoms with E-state index < -0.39 is 28.5 Å². The number of rotatable bonds is 22. The summed E-state index contributed by atoms with van der Waals surface area (Å²) < 4.78 is 49.9. The number of oxime groups is 1. The van der Waals surface area contributed by atoms with E-state index in [1.54, 1.807) is 54.6 Å². The number of hydrogen-bond donors (Lipinski definition) is 2. The van der Waals surface area contributed by atoms with Crippen molar-refractivity contribution in [2.45, 2.75) is 95.3 Å². The first-order valence-electron chi connectivity index (χ1n) is 23.0. The standard InChI is InChI=1S/C52H57F2N3O9/c1-2-27-64-52-48(56(51(60)36-17-18-36)31-34-13-19-39(53)20-14-34)30-46(55-65-32-35-15-21-40(22-16-35)57(61)62)43-28-37(9-5-7-25-58)42(11-6-8-26-59)49(50(43)52)44-29-41(23-24-47(44)66-52)63-33-38-10-3-4-12-45(38)54/h2-4,10,12-16,19-24,28-29,36-37,42,48-50,58-59H,1,5-9,11,17-18,25-27,30-33H2. The van der Waals surface area contributed by atoms with Crippen LogP contribution in [0, 0.1) is 45.4 Å². The lowest BCUT2D eigenvalue weighted by atomic mass is 9.55. The van der Waals surface area contributed by atoms with E-state index in [1.165, 1.54) is 30.3 Å². The van der Waals surface area contributed by atoms with E-state index >= 15 is 0 Å². The zero-order chi connectivity index (χ0) is 46.2. The lowest BCUT2D eigenvalue weighted by Crippen LogP contribution is -2.70. The van der Waals surface area contributed by atoms with Crippen molar-refractivity contribution in [3.05, 3.63) is 159 Å². The third-order valence-corrected chi connectivity index (χ3v) is 13.4. The van der Waals surface area contributed by atoms with Gasteiger partial charge in [0, 0.05) is 61.3 Å². The van der Waals surface area contributed by atoms with E-state index in [0.717, 1.165) is 55.2 Å². The molecule has 1 aliphatic heterocycles. The molecule has 3 aliphatic carbocycles. The molecule has 0 saturated heterocycles. The van der Waals surface area contributed by atoms with Crippen LogP contribution in [0.2, 0.25) is 0 Å². The minimum Gasteiger partial charge on any atom is -0.489 e. The number of non-ortho nitro benzene ring substituents is 1. The van der Waals surface area contributed by atoms with Gasteiger partial charge in [-0.25, -0.2) is 8.78 Å². The highest BCUT2D eigenvalue weighted by atomic mass is 19.1. The number of nitrogens with zero attached hydrogens (tertiary/aromatic N) is 3. The van der Waals surface area contributed by atoms with Crippen LogP contribution in [0.3, 0.4) is 0 Å². The number of nitro groups is 1. The van der Waals surface area contributed by atoms with Gasteiger partial charge in [-0.3, -0.25) is 14.9 Å². The van der Waals surface area contributed by atoms with Crippen molar-refractivity contribution in [1.29, 1.82) is 0 Å². The van der Waals surface area contributed by atoms with E-state index in [4.69, 9.17) is 24.2 Å². The number of fused-ring (bicyclic) bond motifs is 2. The Morgan fingerprint density at radius 3 is 2.36 bits per heavy atom. The highest BCUT2D eigenvalue weighted by molar-refractivity contribution is 6.03. The van der Waals surface area contributed by atoms with E-state index in [9.17, 15) is 33.9 Å². The van der Waals surface area contributed by atoms with Gasteiger partial charge < -0.3 is 34.2 Å². The number of carbonyl (C=O) groups excluding carboxylic acids is 1. The average molecular weight is 906 g/mol. The van der Waals surface area contributed by atoms with Gasteiger partial charge >= 0.3 is 0 Å². The predicted molar refractivity (Wildman–Crippen MR) is 243 cm³/mol. The molecule has 4 aromatic carbocycles. The molecule has 8 rings (SSSR count). The van der Waals surface area contributed by atoms with E-state index in [-0.39, 0.29) is 87.1 Å². The van der Waals surface area contributed by atoms with Crippen LogP contribution >= 0.6 is 0 Å². The Morgan fingerprint density at radius 1 is 0.939 bits per heavy atom. The Morgan fingerprint density at radius 2 is 1.67 bits per heavy atom. The number of nitro benzene ring substituents is 1. The molecule has 0 bridgehead atoms.